The van der Waals surface area contributed by atoms with Gasteiger partial charge in [-0.3, -0.25) is 10.1 Å². The third kappa shape index (κ3) is 4.23. The van der Waals surface area contributed by atoms with E-state index in [1.165, 1.54) is 5.56 Å². The van der Waals surface area contributed by atoms with Crippen molar-refractivity contribution in [1.82, 2.24) is 10.2 Å². The molecule has 0 saturated carbocycles. The number of carbonyl (C=O) groups is 1. The van der Waals surface area contributed by atoms with Gasteiger partial charge in [0.2, 0.25) is 11.8 Å². The molecule has 0 unspecified atom stereocenters. The van der Waals surface area contributed by atoms with Crippen LogP contribution in [0.5, 0.6) is 5.75 Å². The van der Waals surface area contributed by atoms with Crippen LogP contribution in [0.4, 0.5) is 6.01 Å². The van der Waals surface area contributed by atoms with Crippen LogP contribution in [0.15, 0.2) is 52.9 Å². The van der Waals surface area contributed by atoms with Crippen LogP contribution >= 0.6 is 0 Å². The first kappa shape index (κ1) is 16.7. The van der Waals surface area contributed by atoms with E-state index in [1.54, 1.807) is 13.2 Å². The molecule has 25 heavy (non-hydrogen) atoms. The molecule has 0 atom stereocenters. The Hall–Kier alpha value is -3.15. The molecule has 3 rings (SSSR count). The van der Waals surface area contributed by atoms with E-state index in [-0.39, 0.29) is 18.3 Å². The van der Waals surface area contributed by atoms with Crippen molar-refractivity contribution in [3.05, 3.63) is 59.7 Å². The highest BCUT2D eigenvalue weighted by atomic mass is 16.5. The number of ether oxygens (including phenoxy) is 1. The quantitative estimate of drug-likeness (QED) is 0.745. The summed E-state index contributed by atoms with van der Waals surface area (Å²) >= 11 is 0. The molecule has 128 valence electrons. The van der Waals surface area contributed by atoms with Gasteiger partial charge in [0.15, 0.2) is 0 Å². The maximum atomic E-state index is 12.1. The SMILES string of the molecule is CCc1ccc(CC(=O)Nc2nnc(-c3cccc(OC)c3)o2)cc1. The molecule has 0 aliphatic heterocycles. The van der Waals surface area contributed by atoms with Crippen molar-refractivity contribution in [2.75, 3.05) is 12.4 Å². The first-order chi connectivity index (χ1) is 12.2. The molecule has 0 spiro atoms. The van der Waals surface area contributed by atoms with E-state index in [1.807, 2.05) is 42.5 Å². The lowest BCUT2D eigenvalue weighted by Crippen LogP contribution is -2.14. The molecule has 1 aromatic heterocycles. The zero-order chi connectivity index (χ0) is 17.6. The van der Waals surface area contributed by atoms with Crippen molar-refractivity contribution in [2.24, 2.45) is 0 Å². The van der Waals surface area contributed by atoms with Gasteiger partial charge in [0.25, 0.3) is 0 Å². The standard InChI is InChI=1S/C19H19N3O3/c1-3-13-7-9-14(10-8-13)11-17(23)20-19-22-21-18(25-19)15-5-4-6-16(12-15)24-2/h4-10,12H,3,11H2,1-2H3,(H,20,22,23). The number of carbonyl (C=O) groups excluding carboxylic acids is 1. The molecule has 0 radical (unpaired) electrons. The van der Waals surface area contributed by atoms with E-state index >= 15 is 0 Å². The Kier molecular flexibility index (Phi) is 5.09. The highest BCUT2D eigenvalue weighted by Crippen LogP contribution is 2.23. The van der Waals surface area contributed by atoms with Crippen LogP contribution in [-0.2, 0) is 17.6 Å². The summed E-state index contributed by atoms with van der Waals surface area (Å²) in [5.74, 6) is 0.809. The smallest absolute Gasteiger partial charge is 0.322 e. The summed E-state index contributed by atoms with van der Waals surface area (Å²) in [6.45, 7) is 2.09. The maximum absolute atomic E-state index is 12.1. The second-order valence-electron chi connectivity index (χ2n) is 5.54. The Morgan fingerprint density at radius 2 is 1.88 bits per heavy atom. The number of methoxy groups -OCH3 is 1. The largest absolute Gasteiger partial charge is 0.497 e. The second kappa shape index (κ2) is 7.61. The number of aryl methyl sites for hydroxylation is 1. The van der Waals surface area contributed by atoms with Crippen molar-refractivity contribution in [2.45, 2.75) is 19.8 Å². The van der Waals surface area contributed by atoms with Gasteiger partial charge < -0.3 is 9.15 Å². The normalized spacial score (nSPS) is 10.5. The first-order valence-corrected chi connectivity index (χ1v) is 8.03. The number of hydrogen-bond acceptors (Lipinski definition) is 5. The van der Waals surface area contributed by atoms with Gasteiger partial charge in [0, 0.05) is 5.56 Å². The average molecular weight is 337 g/mol. The fourth-order valence-electron chi connectivity index (χ4n) is 2.39. The summed E-state index contributed by atoms with van der Waals surface area (Å²) in [5.41, 5.74) is 2.90. The van der Waals surface area contributed by atoms with Crippen LogP contribution < -0.4 is 10.1 Å². The summed E-state index contributed by atoms with van der Waals surface area (Å²) in [6.07, 6.45) is 1.22. The molecule has 1 N–H and O–H groups in total. The Morgan fingerprint density at radius 3 is 2.60 bits per heavy atom. The fourth-order valence-corrected chi connectivity index (χ4v) is 2.39. The number of aromatic nitrogens is 2. The van der Waals surface area contributed by atoms with Crippen LogP contribution in [0.3, 0.4) is 0 Å². The lowest BCUT2D eigenvalue weighted by molar-refractivity contribution is -0.115. The van der Waals surface area contributed by atoms with Crippen LogP contribution in [-0.4, -0.2) is 23.2 Å². The van der Waals surface area contributed by atoms with Crippen LogP contribution in [0.2, 0.25) is 0 Å². The molecule has 6 nitrogen and oxygen atoms in total. The average Bonchev–Trinajstić information content (AvgIpc) is 3.10. The second-order valence-corrected chi connectivity index (χ2v) is 5.54. The van der Waals surface area contributed by atoms with E-state index in [0.717, 1.165) is 17.5 Å². The van der Waals surface area contributed by atoms with Crippen molar-refractivity contribution in [1.29, 1.82) is 0 Å². The van der Waals surface area contributed by atoms with Gasteiger partial charge in [-0.25, -0.2) is 0 Å². The van der Waals surface area contributed by atoms with Gasteiger partial charge in [-0.05, 0) is 35.7 Å². The maximum Gasteiger partial charge on any atom is 0.322 e. The number of rotatable bonds is 6. The molecule has 0 bridgehead atoms. The topological polar surface area (TPSA) is 77.2 Å². The first-order valence-electron chi connectivity index (χ1n) is 8.03. The van der Waals surface area contributed by atoms with Gasteiger partial charge >= 0.3 is 6.01 Å². The molecule has 3 aromatic rings. The van der Waals surface area contributed by atoms with Gasteiger partial charge in [0.05, 0.1) is 13.5 Å². The predicted molar refractivity (Wildman–Crippen MR) is 94.4 cm³/mol. The van der Waals surface area contributed by atoms with Gasteiger partial charge in [-0.1, -0.05) is 42.4 Å². The van der Waals surface area contributed by atoms with Crippen molar-refractivity contribution >= 4 is 11.9 Å². The number of nitrogens with one attached hydrogen (secondary N) is 1. The van der Waals surface area contributed by atoms with E-state index in [0.29, 0.717) is 11.6 Å². The Balaban J connectivity index is 1.64. The third-order valence-corrected chi connectivity index (χ3v) is 3.78. The molecule has 2 aromatic carbocycles. The minimum atomic E-state index is -0.204. The van der Waals surface area contributed by atoms with Gasteiger partial charge in [0.1, 0.15) is 5.75 Å². The summed E-state index contributed by atoms with van der Waals surface area (Å²) in [4.78, 5) is 12.1. The third-order valence-electron chi connectivity index (χ3n) is 3.78. The molecule has 1 amide bonds. The van der Waals surface area contributed by atoms with Crippen LogP contribution in [0.1, 0.15) is 18.1 Å². The number of amides is 1. The molecule has 1 heterocycles. The highest BCUT2D eigenvalue weighted by Gasteiger charge is 2.12. The summed E-state index contributed by atoms with van der Waals surface area (Å²) in [5, 5.41) is 10.5. The van der Waals surface area contributed by atoms with E-state index in [4.69, 9.17) is 9.15 Å². The lowest BCUT2D eigenvalue weighted by Gasteiger charge is -2.03. The monoisotopic (exact) mass is 337 g/mol. The van der Waals surface area contributed by atoms with Crippen molar-refractivity contribution < 1.29 is 13.9 Å². The number of benzene rings is 2. The molecular formula is C19H19N3O3. The molecule has 0 saturated heterocycles. The summed E-state index contributed by atoms with van der Waals surface area (Å²) in [7, 11) is 1.59. The number of hydrogen-bond donors (Lipinski definition) is 1. The summed E-state index contributed by atoms with van der Waals surface area (Å²) in [6, 6.07) is 15.3. The van der Waals surface area contributed by atoms with E-state index in [9.17, 15) is 4.79 Å². The van der Waals surface area contributed by atoms with Crippen molar-refractivity contribution in [3.8, 4) is 17.2 Å². The molecule has 0 fully saturated rings. The number of nitrogens with zero attached hydrogens (tertiary/aromatic N) is 2. The predicted octanol–water partition coefficient (Wildman–Crippen LogP) is 3.49. The molecule has 0 aliphatic rings. The minimum Gasteiger partial charge on any atom is -0.497 e. The van der Waals surface area contributed by atoms with Crippen molar-refractivity contribution in [3.63, 3.8) is 0 Å². The Bertz CT molecular complexity index is 856. The molecule has 0 aliphatic carbocycles. The van der Waals surface area contributed by atoms with Gasteiger partial charge in [-0.15, -0.1) is 5.10 Å². The molecule has 6 heteroatoms. The zero-order valence-corrected chi connectivity index (χ0v) is 14.2. The number of anilines is 1. The lowest BCUT2D eigenvalue weighted by atomic mass is 10.1. The summed E-state index contributed by atoms with van der Waals surface area (Å²) < 4.78 is 10.7. The van der Waals surface area contributed by atoms with E-state index in [2.05, 4.69) is 22.4 Å². The highest BCUT2D eigenvalue weighted by molar-refractivity contribution is 5.90. The Morgan fingerprint density at radius 1 is 1.12 bits per heavy atom. The Labute approximate surface area is 145 Å². The zero-order valence-electron chi connectivity index (χ0n) is 14.2. The fraction of sp³-hybridized carbons (Fsp3) is 0.211. The van der Waals surface area contributed by atoms with Crippen LogP contribution in [0, 0.1) is 0 Å². The van der Waals surface area contributed by atoms with E-state index < -0.39 is 0 Å². The van der Waals surface area contributed by atoms with Gasteiger partial charge in [-0.2, -0.15) is 0 Å². The minimum absolute atomic E-state index is 0.0769. The van der Waals surface area contributed by atoms with Crippen LogP contribution in [0.25, 0.3) is 11.5 Å². The molecular weight excluding hydrogens is 318 g/mol.